The lowest BCUT2D eigenvalue weighted by molar-refractivity contribution is -0.136. The van der Waals surface area contributed by atoms with E-state index in [4.69, 9.17) is 26.8 Å². The number of carbonyl (C=O) groups excluding carboxylic acids is 2. The number of rotatable bonds is 6. The van der Waals surface area contributed by atoms with Crippen molar-refractivity contribution in [2.24, 2.45) is 5.10 Å². The maximum atomic E-state index is 12.6. The van der Waals surface area contributed by atoms with Crippen LogP contribution in [0.25, 0.3) is 16.8 Å². The van der Waals surface area contributed by atoms with Crippen molar-refractivity contribution in [1.29, 1.82) is 0 Å². The van der Waals surface area contributed by atoms with Crippen LogP contribution < -0.4 is 5.73 Å². The Morgan fingerprint density at radius 3 is 2.35 bits per heavy atom. The van der Waals surface area contributed by atoms with Gasteiger partial charge in [0.1, 0.15) is 11.4 Å². The van der Waals surface area contributed by atoms with Gasteiger partial charge >= 0.3 is 11.9 Å². The van der Waals surface area contributed by atoms with Gasteiger partial charge in [0.05, 0.1) is 26.0 Å². The van der Waals surface area contributed by atoms with Crippen molar-refractivity contribution in [2.45, 2.75) is 0 Å². The average Bonchev–Trinajstić information content (AvgIpc) is 3.12. The molecule has 9 heteroatoms. The van der Waals surface area contributed by atoms with Gasteiger partial charge < -0.3 is 15.2 Å². The molecular weight excluding hydrogens is 420 g/mol. The predicted octanol–water partition coefficient (Wildman–Crippen LogP) is 3.40. The van der Waals surface area contributed by atoms with Crippen LogP contribution in [0.1, 0.15) is 11.3 Å². The number of hydrogen-bond acceptors (Lipinski definition) is 7. The number of benzene rings is 2. The minimum absolute atomic E-state index is 0.00630. The summed E-state index contributed by atoms with van der Waals surface area (Å²) in [4.78, 5) is 28.9. The third-order valence-corrected chi connectivity index (χ3v) is 4.49. The highest BCUT2D eigenvalue weighted by molar-refractivity contribution is 6.30. The first-order valence-electron chi connectivity index (χ1n) is 9.06. The molecule has 1 heterocycles. The molecule has 8 nitrogen and oxygen atoms in total. The standard InChI is InChI=1S/C22H19ClN4O4/c1-30-18(28)12-17(21(29)31-2)20-19(15-8-10-16(23)11-9-15)26-22(24)27(20)25-13-14-6-4-3-5-7-14/h3-13H,1-2H3,(H2,24,26)/b17-12-,25-13+. The Labute approximate surface area is 183 Å². The molecule has 31 heavy (non-hydrogen) atoms. The fraction of sp³-hybridized carbons (Fsp3) is 0.0909. The van der Waals surface area contributed by atoms with Crippen molar-refractivity contribution in [3.63, 3.8) is 0 Å². The molecule has 0 aliphatic heterocycles. The molecule has 2 aromatic carbocycles. The van der Waals surface area contributed by atoms with E-state index in [-0.39, 0.29) is 17.2 Å². The Kier molecular flexibility index (Phi) is 6.84. The summed E-state index contributed by atoms with van der Waals surface area (Å²) in [5.74, 6) is -1.52. The number of halogens is 1. The summed E-state index contributed by atoms with van der Waals surface area (Å²) in [6.45, 7) is 0. The van der Waals surface area contributed by atoms with Gasteiger partial charge in [0.2, 0.25) is 5.95 Å². The second-order valence-electron chi connectivity index (χ2n) is 6.21. The lowest BCUT2D eigenvalue weighted by Gasteiger charge is -2.10. The molecule has 0 aliphatic rings. The molecular formula is C22H19ClN4O4. The first-order chi connectivity index (χ1) is 14.9. The highest BCUT2D eigenvalue weighted by Gasteiger charge is 2.26. The second kappa shape index (κ2) is 9.73. The zero-order valence-corrected chi connectivity index (χ0v) is 17.5. The largest absolute Gasteiger partial charge is 0.466 e. The number of esters is 2. The molecule has 3 rings (SSSR count). The van der Waals surface area contributed by atoms with E-state index in [0.717, 1.165) is 11.6 Å². The van der Waals surface area contributed by atoms with Gasteiger partial charge in [0, 0.05) is 16.7 Å². The number of hydrogen-bond donors (Lipinski definition) is 1. The fourth-order valence-electron chi connectivity index (χ4n) is 2.77. The molecule has 3 aromatic rings. The average molecular weight is 439 g/mol. The highest BCUT2D eigenvalue weighted by Crippen LogP contribution is 2.32. The summed E-state index contributed by atoms with van der Waals surface area (Å²) in [6, 6.07) is 16.1. The molecule has 0 amide bonds. The van der Waals surface area contributed by atoms with Gasteiger partial charge in [-0.2, -0.15) is 9.78 Å². The van der Waals surface area contributed by atoms with Crippen LogP contribution in [-0.2, 0) is 19.1 Å². The molecule has 0 bridgehead atoms. The molecule has 158 valence electrons. The molecule has 0 fully saturated rings. The molecule has 0 atom stereocenters. The van der Waals surface area contributed by atoms with E-state index in [2.05, 4.69) is 10.1 Å². The number of aromatic nitrogens is 2. The van der Waals surface area contributed by atoms with Gasteiger partial charge in [-0.1, -0.05) is 54.1 Å². The number of ether oxygens (including phenoxy) is 2. The summed E-state index contributed by atoms with van der Waals surface area (Å²) in [5.41, 5.74) is 7.91. The van der Waals surface area contributed by atoms with Crippen LogP contribution in [0, 0.1) is 0 Å². The summed E-state index contributed by atoms with van der Waals surface area (Å²) in [5, 5.41) is 4.91. The number of nitrogens with zero attached hydrogens (tertiary/aromatic N) is 3. The van der Waals surface area contributed by atoms with Crippen LogP contribution in [0.4, 0.5) is 5.95 Å². The molecule has 0 saturated heterocycles. The zero-order valence-electron chi connectivity index (χ0n) is 16.8. The van der Waals surface area contributed by atoms with E-state index in [0.29, 0.717) is 16.3 Å². The molecule has 0 saturated carbocycles. The second-order valence-corrected chi connectivity index (χ2v) is 6.65. The van der Waals surface area contributed by atoms with Crippen LogP contribution in [-0.4, -0.2) is 42.0 Å². The van der Waals surface area contributed by atoms with Crippen LogP contribution in [0.2, 0.25) is 5.02 Å². The van der Waals surface area contributed by atoms with Gasteiger partial charge in [-0.05, 0) is 17.7 Å². The van der Waals surface area contributed by atoms with Gasteiger partial charge in [-0.25, -0.2) is 14.6 Å². The van der Waals surface area contributed by atoms with E-state index in [1.807, 2.05) is 30.3 Å². The summed E-state index contributed by atoms with van der Waals surface area (Å²) < 4.78 is 10.8. The molecule has 0 unspecified atom stereocenters. The number of imidazole rings is 1. The van der Waals surface area contributed by atoms with Crippen molar-refractivity contribution < 1.29 is 19.1 Å². The lowest BCUT2D eigenvalue weighted by atomic mass is 10.0. The normalized spacial score (nSPS) is 11.5. The first kappa shape index (κ1) is 21.8. The minimum atomic E-state index is -0.781. The summed E-state index contributed by atoms with van der Waals surface area (Å²) in [7, 11) is 2.40. The first-order valence-corrected chi connectivity index (χ1v) is 9.44. The highest BCUT2D eigenvalue weighted by atomic mass is 35.5. The summed E-state index contributed by atoms with van der Waals surface area (Å²) in [6.07, 6.45) is 2.57. The predicted molar refractivity (Wildman–Crippen MR) is 119 cm³/mol. The Morgan fingerprint density at radius 2 is 1.74 bits per heavy atom. The quantitative estimate of drug-likeness (QED) is 0.359. The van der Waals surface area contributed by atoms with Gasteiger partial charge in [0.15, 0.2) is 0 Å². The Balaban J connectivity index is 2.26. The maximum Gasteiger partial charge on any atom is 0.340 e. The number of methoxy groups -OCH3 is 2. The molecule has 0 aliphatic carbocycles. The zero-order chi connectivity index (χ0) is 22.4. The van der Waals surface area contributed by atoms with Crippen molar-refractivity contribution in [3.8, 4) is 11.3 Å². The van der Waals surface area contributed by atoms with E-state index in [1.54, 1.807) is 30.5 Å². The third kappa shape index (κ3) is 4.99. The van der Waals surface area contributed by atoms with Crippen LogP contribution in [0.3, 0.4) is 0 Å². The van der Waals surface area contributed by atoms with E-state index >= 15 is 0 Å². The Bertz CT molecular complexity index is 1150. The maximum absolute atomic E-state index is 12.6. The van der Waals surface area contributed by atoms with Gasteiger partial charge in [-0.3, -0.25) is 0 Å². The SMILES string of the molecule is COC(=O)/C=C(\C(=O)OC)c1c(-c2ccc(Cl)cc2)nc(N)n1/N=C/c1ccccc1. The Hall–Kier alpha value is -3.91. The molecule has 0 spiro atoms. The topological polar surface area (TPSA) is 109 Å². The molecule has 1 aromatic heterocycles. The van der Waals surface area contributed by atoms with Crippen molar-refractivity contribution in [1.82, 2.24) is 9.66 Å². The van der Waals surface area contributed by atoms with Gasteiger partial charge in [0.25, 0.3) is 0 Å². The van der Waals surface area contributed by atoms with Crippen LogP contribution >= 0.6 is 11.6 Å². The molecule has 2 N–H and O–H groups in total. The van der Waals surface area contributed by atoms with E-state index in [9.17, 15) is 9.59 Å². The monoisotopic (exact) mass is 438 g/mol. The van der Waals surface area contributed by atoms with Crippen molar-refractivity contribution in [2.75, 3.05) is 20.0 Å². The minimum Gasteiger partial charge on any atom is -0.466 e. The lowest BCUT2D eigenvalue weighted by Crippen LogP contribution is -2.12. The summed E-state index contributed by atoms with van der Waals surface area (Å²) >= 11 is 6.00. The van der Waals surface area contributed by atoms with E-state index in [1.165, 1.54) is 18.9 Å². The van der Waals surface area contributed by atoms with Crippen LogP contribution in [0.15, 0.2) is 65.8 Å². The number of nitrogens with two attached hydrogens (primary N) is 1. The van der Waals surface area contributed by atoms with Gasteiger partial charge in [-0.15, -0.1) is 0 Å². The third-order valence-electron chi connectivity index (χ3n) is 4.24. The van der Waals surface area contributed by atoms with Crippen LogP contribution in [0.5, 0.6) is 0 Å². The number of nitrogen functional groups attached to an aromatic ring is 1. The molecule has 0 radical (unpaired) electrons. The smallest absolute Gasteiger partial charge is 0.340 e. The van der Waals surface area contributed by atoms with Crippen molar-refractivity contribution in [3.05, 3.63) is 77.0 Å². The van der Waals surface area contributed by atoms with Crippen molar-refractivity contribution >= 4 is 41.3 Å². The van der Waals surface area contributed by atoms with E-state index < -0.39 is 11.9 Å². The number of anilines is 1. The Morgan fingerprint density at radius 1 is 1.06 bits per heavy atom. The number of carbonyl (C=O) groups is 2. The fourth-order valence-corrected chi connectivity index (χ4v) is 2.90.